The number of hydrogen-bond donors (Lipinski definition) is 2. The molecule has 4 rings (SSSR count). The van der Waals surface area contributed by atoms with Crippen molar-refractivity contribution in [3.05, 3.63) is 11.9 Å². The topological polar surface area (TPSA) is 95.4 Å². The number of fused-ring (bicyclic) bond motifs is 3. The van der Waals surface area contributed by atoms with Crippen molar-refractivity contribution in [2.75, 3.05) is 37.0 Å². The Hall–Kier alpha value is -2.76. The molecule has 0 aliphatic carbocycles. The summed E-state index contributed by atoms with van der Waals surface area (Å²) < 4.78 is 55.1. The number of rotatable bonds is 2. The number of aromatic nitrogens is 4. The van der Waals surface area contributed by atoms with Crippen molar-refractivity contribution in [2.45, 2.75) is 38.6 Å². The second-order valence-corrected chi connectivity index (χ2v) is 6.76. The van der Waals surface area contributed by atoms with Gasteiger partial charge in [-0.25, -0.2) is 4.98 Å². The van der Waals surface area contributed by atoms with E-state index >= 15 is 0 Å². The van der Waals surface area contributed by atoms with Crippen molar-refractivity contribution in [1.82, 2.24) is 19.7 Å². The average molecular weight is 414 g/mol. The Bertz CT molecular complexity index is 867. The highest BCUT2D eigenvalue weighted by atomic mass is 19.4. The molecule has 1 fully saturated rings. The first-order chi connectivity index (χ1) is 13.9. The van der Waals surface area contributed by atoms with Crippen LogP contribution in [0.2, 0.25) is 0 Å². The summed E-state index contributed by atoms with van der Waals surface area (Å²) in [4.78, 5) is 8.11. The van der Waals surface area contributed by atoms with Crippen LogP contribution in [0.1, 0.15) is 31.0 Å². The highest BCUT2D eigenvalue weighted by molar-refractivity contribution is 5.65. The third-order valence-corrected chi connectivity index (χ3v) is 4.72. The van der Waals surface area contributed by atoms with Gasteiger partial charge in [0.25, 0.3) is 5.88 Å². The van der Waals surface area contributed by atoms with Crippen LogP contribution in [-0.2, 0) is 4.74 Å². The van der Waals surface area contributed by atoms with Crippen LogP contribution in [0.25, 0.3) is 0 Å². The lowest BCUT2D eigenvalue weighted by Gasteiger charge is -2.23. The fourth-order valence-electron chi connectivity index (χ4n) is 3.34. The maximum atomic E-state index is 12.6. The second-order valence-electron chi connectivity index (χ2n) is 6.76. The van der Waals surface area contributed by atoms with Gasteiger partial charge in [-0.05, 0) is 26.2 Å². The van der Waals surface area contributed by atoms with E-state index in [-0.39, 0.29) is 17.8 Å². The fraction of sp³-hybridized carbons (Fsp3) is 0.588. The zero-order chi connectivity index (χ0) is 20.4. The number of alkyl halides is 3. The van der Waals surface area contributed by atoms with E-state index in [1.807, 2.05) is 11.6 Å². The van der Waals surface area contributed by atoms with Gasteiger partial charge in [0.1, 0.15) is 5.69 Å². The predicted molar refractivity (Wildman–Crippen MR) is 96.7 cm³/mol. The van der Waals surface area contributed by atoms with E-state index in [1.54, 1.807) is 0 Å². The van der Waals surface area contributed by atoms with E-state index in [0.29, 0.717) is 44.4 Å². The number of hydrogen-bond acceptors (Lipinski definition) is 8. The molecule has 2 bridgehead atoms. The Labute approximate surface area is 164 Å². The van der Waals surface area contributed by atoms with Gasteiger partial charge in [0, 0.05) is 19.8 Å². The smallest absolute Gasteiger partial charge is 0.475 e. The SMILES string of the molecule is Cc1c2c(nn1C1CCOCC1)OCCCNc1nc(ncc1OC(F)(F)F)N2. The lowest BCUT2D eigenvalue weighted by molar-refractivity contribution is -0.274. The highest BCUT2D eigenvalue weighted by Crippen LogP contribution is 2.35. The van der Waals surface area contributed by atoms with Crippen molar-refractivity contribution >= 4 is 17.5 Å². The van der Waals surface area contributed by atoms with Gasteiger partial charge in [-0.2, -0.15) is 4.98 Å². The first kappa shape index (κ1) is 19.6. The molecule has 0 unspecified atom stereocenters. The molecular formula is C17H21F3N6O3. The Morgan fingerprint density at radius 2 is 2.03 bits per heavy atom. The summed E-state index contributed by atoms with van der Waals surface area (Å²) in [5.41, 5.74) is 1.42. The molecule has 2 N–H and O–H groups in total. The van der Waals surface area contributed by atoms with E-state index < -0.39 is 12.1 Å². The summed E-state index contributed by atoms with van der Waals surface area (Å²) in [5, 5.41) is 10.5. The number of nitrogens with zero attached hydrogens (tertiary/aromatic N) is 4. The van der Waals surface area contributed by atoms with Crippen molar-refractivity contribution in [3.63, 3.8) is 0 Å². The molecule has 158 valence electrons. The molecule has 0 amide bonds. The molecule has 0 saturated carbocycles. The molecule has 0 spiro atoms. The van der Waals surface area contributed by atoms with Crippen LogP contribution in [0.5, 0.6) is 11.6 Å². The molecular weight excluding hydrogens is 393 g/mol. The van der Waals surface area contributed by atoms with Gasteiger partial charge in [0.15, 0.2) is 11.6 Å². The maximum Gasteiger partial charge on any atom is 0.573 e. The van der Waals surface area contributed by atoms with Crippen molar-refractivity contribution in [2.24, 2.45) is 0 Å². The first-order valence-electron chi connectivity index (χ1n) is 9.34. The summed E-state index contributed by atoms with van der Waals surface area (Å²) in [6.07, 6.45) is -1.62. The van der Waals surface area contributed by atoms with Gasteiger partial charge in [-0.3, -0.25) is 4.68 Å². The average Bonchev–Trinajstić information content (AvgIpc) is 2.97. The molecule has 2 aromatic heterocycles. The lowest BCUT2D eigenvalue weighted by Crippen LogP contribution is -2.21. The molecule has 9 nitrogen and oxygen atoms in total. The molecule has 0 radical (unpaired) electrons. The van der Waals surface area contributed by atoms with E-state index in [1.165, 1.54) is 0 Å². The second kappa shape index (κ2) is 7.93. The van der Waals surface area contributed by atoms with Crippen molar-refractivity contribution in [1.29, 1.82) is 0 Å². The normalized spacial score (nSPS) is 17.9. The van der Waals surface area contributed by atoms with Crippen molar-refractivity contribution < 1.29 is 27.4 Å². The van der Waals surface area contributed by atoms with E-state index in [0.717, 1.165) is 24.7 Å². The van der Waals surface area contributed by atoms with Gasteiger partial charge < -0.3 is 24.8 Å². The number of nitrogens with one attached hydrogen (secondary N) is 2. The van der Waals surface area contributed by atoms with E-state index in [4.69, 9.17) is 9.47 Å². The van der Waals surface area contributed by atoms with Gasteiger partial charge in [0.2, 0.25) is 5.95 Å². The Morgan fingerprint density at radius 3 is 2.79 bits per heavy atom. The summed E-state index contributed by atoms with van der Waals surface area (Å²) in [7, 11) is 0. The predicted octanol–water partition coefficient (Wildman–Crippen LogP) is 3.17. The third kappa shape index (κ3) is 4.47. The van der Waals surface area contributed by atoms with Crippen LogP contribution < -0.4 is 20.1 Å². The number of halogens is 3. The molecule has 1 saturated heterocycles. The number of anilines is 3. The molecule has 29 heavy (non-hydrogen) atoms. The van der Waals surface area contributed by atoms with Gasteiger partial charge >= 0.3 is 6.36 Å². The third-order valence-electron chi connectivity index (χ3n) is 4.72. The van der Waals surface area contributed by atoms with E-state index in [2.05, 4.69) is 30.4 Å². The molecule has 2 aromatic rings. The first-order valence-corrected chi connectivity index (χ1v) is 9.34. The van der Waals surface area contributed by atoms with Crippen LogP contribution in [0.3, 0.4) is 0 Å². The zero-order valence-electron chi connectivity index (χ0n) is 15.8. The molecule has 2 aliphatic rings. The lowest BCUT2D eigenvalue weighted by atomic mass is 10.1. The highest BCUT2D eigenvalue weighted by Gasteiger charge is 2.33. The van der Waals surface area contributed by atoms with Crippen LogP contribution in [0.4, 0.5) is 30.6 Å². The van der Waals surface area contributed by atoms with Gasteiger partial charge in [-0.1, -0.05) is 0 Å². The van der Waals surface area contributed by atoms with Crippen LogP contribution in [0.15, 0.2) is 6.20 Å². The standard InChI is InChI=1S/C17H21F3N6O3/c1-10-13-15(25-26(10)11-3-7-27-8-4-11)28-6-2-5-21-14-12(29-17(18,19)20)9-22-16(23-13)24-14/h9,11H,2-8H2,1H3,(H2,21,22,23,24). The van der Waals surface area contributed by atoms with Gasteiger partial charge in [-0.15, -0.1) is 18.3 Å². The fourth-order valence-corrected chi connectivity index (χ4v) is 3.34. The minimum absolute atomic E-state index is 0.0438. The minimum atomic E-state index is -4.83. The number of ether oxygens (including phenoxy) is 3. The molecule has 0 aromatic carbocycles. The Morgan fingerprint density at radius 1 is 1.24 bits per heavy atom. The van der Waals surface area contributed by atoms with Crippen molar-refractivity contribution in [3.8, 4) is 11.6 Å². The minimum Gasteiger partial charge on any atom is -0.475 e. The monoisotopic (exact) mass is 414 g/mol. The Kier molecular flexibility index (Phi) is 5.35. The zero-order valence-corrected chi connectivity index (χ0v) is 15.8. The molecule has 12 heteroatoms. The van der Waals surface area contributed by atoms with Crippen LogP contribution in [-0.4, -0.2) is 52.5 Å². The molecule has 0 atom stereocenters. The quantitative estimate of drug-likeness (QED) is 0.774. The van der Waals surface area contributed by atoms with Crippen LogP contribution >= 0.6 is 0 Å². The summed E-state index contributed by atoms with van der Waals surface area (Å²) in [6, 6.07) is 0.190. The van der Waals surface area contributed by atoms with Crippen LogP contribution in [0, 0.1) is 6.92 Å². The van der Waals surface area contributed by atoms with Gasteiger partial charge in [0.05, 0.1) is 24.5 Å². The molecule has 2 aliphatic heterocycles. The maximum absolute atomic E-state index is 12.6. The largest absolute Gasteiger partial charge is 0.573 e. The van der Waals surface area contributed by atoms with E-state index in [9.17, 15) is 13.2 Å². The summed E-state index contributed by atoms with van der Waals surface area (Å²) in [6.45, 7) is 3.92. The Balaban J connectivity index is 1.67. The molecule has 4 heterocycles. The summed E-state index contributed by atoms with van der Waals surface area (Å²) >= 11 is 0. The summed E-state index contributed by atoms with van der Waals surface area (Å²) in [5.74, 6) is -0.00382.